The summed E-state index contributed by atoms with van der Waals surface area (Å²) in [6.45, 7) is 3.07. The molecule has 0 aromatic carbocycles. The van der Waals surface area contributed by atoms with Crippen LogP contribution < -0.4 is 11.1 Å². The summed E-state index contributed by atoms with van der Waals surface area (Å²) in [5, 5.41) is 7.59. The lowest BCUT2D eigenvalue weighted by Gasteiger charge is -2.48. The van der Waals surface area contributed by atoms with Crippen LogP contribution in [-0.2, 0) is 33.5 Å². The van der Waals surface area contributed by atoms with E-state index in [1.165, 1.54) is 30.7 Å². The van der Waals surface area contributed by atoms with Crippen molar-refractivity contribution in [3.8, 4) is 0 Å². The maximum Gasteiger partial charge on any atom is 0.357 e. The van der Waals surface area contributed by atoms with Crippen molar-refractivity contribution in [3.05, 3.63) is 22.8 Å². The highest BCUT2D eigenvalue weighted by atomic mass is 32.2. The predicted octanol–water partition coefficient (Wildman–Crippen LogP) is 0.592. The first-order chi connectivity index (χ1) is 15.8. The number of carbonyl (C=O) groups is 4. The van der Waals surface area contributed by atoms with E-state index in [2.05, 4.69) is 15.5 Å². The van der Waals surface area contributed by atoms with E-state index in [1.807, 2.05) is 6.92 Å². The van der Waals surface area contributed by atoms with Crippen LogP contribution in [0.2, 0.25) is 0 Å². The number of anilines is 1. The van der Waals surface area contributed by atoms with E-state index < -0.39 is 41.5 Å². The van der Waals surface area contributed by atoms with Crippen molar-refractivity contribution in [1.82, 2.24) is 15.2 Å². The number of oxime groups is 1. The molecule has 0 aliphatic carbocycles. The lowest BCUT2D eigenvalue weighted by Crippen LogP contribution is -2.70. The van der Waals surface area contributed by atoms with E-state index in [-0.39, 0.29) is 22.2 Å². The monoisotopic (exact) mass is 497 g/mol. The van der Waals surface area contributed by atoms with Crippen molar-refractivity contribution in [2.45, 2.75) is 44.4 Å². The highest BCUT2D eigenvalue weighted by Gasteiger charge is 2.53. The summed E-state index contributed by atoms with van der Waals surface area (Å²) >= 11 is 2.50. The number of thiazole rings is 1. The second kappa shape index (κ2) is 10.7. The third-order valence-electron chi connectivity index (χ3n) is 4.56. The van der Waals surface area contributed by atoms with Gasteiger partial charge in [0.15, 0.2) is 10.8 Å². The third kappa shape index (κ3) is 5.45. The average Bonchev–Trinajstić information content (AvgIpc) is 3.20. The van der Waals surface area contributed by atoms with Gasteiger partial charge in [0, 0.05) is 24.5 Å². The van der Waals surface area contributed by atoms with Gasteiger partial charge in [0.1, 0.15) is 29.9 Å². The molecule has 178 valence electrons. The number of nitrogens with two attached hydrogens (primary N) is 1. The molecule has 1 saturated heterocycles. The molecular formula is C19H23N5O7S2. The molecule has 0 spiro atoms. The Morgan fingerprint density at radius 1 is 1.39 bits per heavy atom. The number of nitrogens with one attached hydrogen (secondary N) is 1. The fourth-order valence-electron chi connectivity index (χ4n) is 3.17. The lowest BCUT2D eigenvalue weighted by atomic mass is 10.0. The Labute approximate surface area is 197 Å². The van der Waals surface area contributed by atoms with Crippen LogP contribution >= 0.6 is 23.1 Å². The molecule has 0 radical (unpaired) electrons. The zero-order valence-corrected chi connectivity index (χ0v) is 19.7. The van der Waals surface area contributed by atoms with Crippen LogP contribution in [0.3, 0.4) is 0 Å². The first-order valence-corrected chi connectivity index (χ1v) is 11.9. The van der Waals surface area contributed by atoms with Crippen LogP contribution in [0, 0.1) is 0 Å². The number of carbonyl (C=O) groups excluding carboxylic acids is 4. The van der Waals surface area contributed by atoms with Crippen LogP contribution in [0.1, 0.15) is 32.4 Å². The Morgan fingerprint density at radius 2 is 2.15 bits per heavy atom. The van der Waals surface area contributed by atoms with E-state index in [1.54, 1.807) is 11.5 Å². The molecule has 1 fully saturated rings. The largest absolute Gasteiger partial charge is 0.425 e. The summed E-state index contributed by atoms with van der Waals surface area (Å²) in [7, 11) is 1.28. The summed E-state index contributed by atoms with van der Waals surface area (Å²) < 4.78 is 10.3. The van der Waals surface area contributed by atoms with Crippen molar-refractivity contribution in [3.63, 3.8) is 0 Å². The number of ether oxygens (including phenoxy) is 2. The molecule has 2 unspecified atom stereocenters. The standard InChI is InChI=1S/C19H23N5O7S2/c1-4-5-12(30-9(2)25)31-18(28)11-6-7-32-17-14(16(27)24(11)17)22-15(26)13(23-29-3)10-8-33-19(20)21-10/h6,8,12,14,17H,4-5,7H2,1-3H3,(H2,20,21)(H,22,26)/b23-13-/t12?,14?,17-/m1/s1. The Kier molecular flexibility index (Phi) is 7.92. The minimum atomic E-state index is -1.04. The maximum atomic E-state index is 12.8. The lowest BCUT2D eigenvalue weighted by molar-refractivity contribution is -0.187. The fourth-order valence-corrected chi connectivity index (χ4v) is 4.92. The molecule has 1 aromatic heterocycles. The normalized spacial score (nSPS) is 20.7. The number of nitrogens with zero attached hydrogens (tertiary/aromatic N) is 3. The summed E-state index contributed by atoms with van der Waals surface area (Å²) in [5.41, 5.74) is 5.75. The van der Waals surface area contributed by atoms with Gasteiger partial charge in [0.25, 0.3) is 11.8 Å². The van der Waals surface area contributed by atoms with Crippen molar-refractivity contribution >= 4 is 57.7 Å². The van der Waals surface area contributed by atoms with E-state index in [9.17, 15) is 19.2 Å². The van der Waals surface area contributed by atoms with Gasteiger partial charge in [-0.05, 0) is 12.5 Å². The third-order valence-corrected chi connectivity index (χ3v) is 6.42. The van der Waals surface area contributed by atoms with E-state index in [0.29, 0.717) is 18.6 Å². The summed E-state index contributed by atoms with van der Waals surface area (Å²) in [5.74, 6) is -2.10. The van der Waals surface area contributed by atoms with Crippen molar-refractivity contribution in [2.24, 2.45) is 5.16 Å². The zero-order valence-electron chi connectivity index (χ0n) is 18.1. The second-order valence-electron chi connectivity index (χ2n) is 6.90. The number of esters is 2. The van der Waals surface area contributed by atoms with Gasteiger partial charge in [0.05, 0.1) is 0 Å². The van der Waals surface area contributed by atoms with Crippen LogP contribution in [0.25, 0.3) is 0 Å². The molecule has 3 N–H and O–H groups in total. The number of thioether (sulfide) groups is 1. The summed E-state index contributed by atoms with van der Waals surface area (Å²) in [6.07, 6.45) is 1.47. The molecule has 12 nitrogen and oxygen atoms in total. The Morgan fingerprint density at radius 3 is 2.76 bits per heavy atom. The highest BCUT2D eigenvalue weighted by Crippen LogP contribution is 2.38. The van der Waals surface area contributed by atoms with Gasteiger partial charge in [-0.25, -0.2) is 9.78 Å². The topological polar surface area (TPSA) is 163 Å². The molecule has 33 heavy (non-hydrogen) atoms. The molecular weight excluding hydrogens is 474 g/mol. The van der Waals surface area contributed by atoms with Crippen LogP contribution in [0.4, 0.5) is 5.13 Å². The number of aromatic nitrogens is 1. The van der Waals surface area contributed by atoms with Gasteiger partial charge in [-0.3, -0.25) is 19.3 Å². The second-order valence-corrected chi connectivity index (χ2v) is 8.94. The summed E-state index contributed by atoms with van der Waals surface area (Å²) in [6, 6.07) is -0.892. The van der Waals surface area contributed by atoms with Gasteiger partial charge in [0.2, 0.25) is 6.29 Å². The summed E-state index contributed by atoms with van der Waals surface area (Å²) in [4.78, 5) is 59.5. The molecule has 3 rings (SSSR count). The molecule has 0 bridgehead atoms. The number of hydrogen-bond donors (Lipinski definition) is 2. The molecule has 1 aromatic rings. The Bertz CT molecular complexity index is 1010. The highest BCUT2D eigenvalue weighted by molar-refractivity contribution is 8.00. The van der Waals surface area contributed by atoms with Crippen LogP contribution in [-0.4, -0.2) is 69.9 Å². The van der Waals surface area contributed by atoms with Crippen molar-refractivity contribution in [1.29, 1.82) is 0 Å². The smallest absolute Gasteiger partial charge is 0.357 e. The van der Waals surface area contributed by atoms with Gasteiger partial charge in [-0.15, -0.1) is 23.1 Å². The molecule has 3 atom stereocenters. The number of hydrogen-bond acceptors (Lipinski definition) is 12. The Hall–Kier alpha value is -3.13. The average molecular weight is 498 g/mol. The SMILES string of the molecule is CCCC(OC(C)=O)OC(=O)C1=CCS[C@@H]2C(NC(=O)/C(=N\OC)c3csc(N)n3)C(=O)N12. The molecule has 2 aliphatic heterocycles. The van der Waals surface area contributed by atoms with Crippen LogP contribution in [0.15, 0.2) is 22.3 Å². The first-order valence-electron chi connectivity index (χ1n) is 9.93. The minimum Gasteiger partial charge on any atom is -0.425 e. The van der Waals surface area contributed by atoms with E-state index in [0.717, 1.165) is 11.3 Å². The maximum absolute atomic E-state index is 12.8. The van der Waals surface area contributed by atoms with Crippen molar-refractivity contribution < 1.29 is 33.5 Å². The minimum absolute atomic E-state index is 0.0422. The zero-order chi connectivity index (χ0) is 24.1. The van der Waals surface area contributed by atoms with Gasteiger partial charge < -0.3 is 25.4 Å². The van der Waals surface area contributed by atoms with Gasteiger partial charge in [-0.1, -0.05) is 12.1 Å². The van der Waals surface area contributed by atoms with E-state index in [4.69, 9.17) is 20.0 Å². The van der Waals surface area contributed by atoms with Crippen molar-refractivity contribution in [2.75, 3.05) is 18.6 Å². The number of amides is 2. The number of fused-ring (bicyclic) bond motifs is 1. The quantitative estimate of drug-likeness (QED) is 0.162. The molecule has 14 heteroatoms. The van der Waals surface area contributed by atoms with E-state index >= 15 is 0 Å². The molecule has 0 saturated carbocycles. The first kappa shape index (κ1) is 24.5. The predicted molar refractivity (Wildman–Crippen MR) is 120 cm³/mol. The molecule has 3 heterocycles. The van der Waals surface area contributed by atoms with Gasteiger partial charge >= 0.3 is 11.9 Å². The van der Waals surface area contributed by atoms with Gasteiger partial charge in [-0.2, -0.15) is 0 Å². The molecule has 2 amide bonds. The number of nitrogen functional groups attached to an aromatic ring is 1. The fraction of sp³-hybridized carbons (Fsp3) is 0.474. The van der Waals surface area contributed by atoms with Crippen LogP contribution in [0.5, 0.6) is 0 Å². The molecule has 2 aliphatic rings. The Balaban J connectivity index is 1.68. The number of rotatable bonds is 9. The number of β-lactam (4-membered cyclic amide) rings is 1.